The maximum atomic E-state index is 13.5. The summed E-state index contributed by atoms with van der Waals surface area (Å²) in [6, 6.07) is 0. The summed E-state index contributed by atoms with van der Waals surface area (Å²) in [5.41, 5.74) is 0.0363. The lowest BCUT2D eigenvalue weighted by molar-refractivity contribution is -0.142. The van der Waals surface area contributed by atoms with Crippen LogP contribution in [0, 0.1) is 11.8 Å². The molecule has 1 aliphatic heterocycles. The summed E-state index contributed by atoms with van der Waals surface area (Å²) in [6.07, 6.45) is -1.87. The van der Waals surface area contributed by atoms with Crippen LogP contribution in [0.5, 0.6) is 0 Å². The Labute approximate surface area is 145 Å². The van der Waals surface area contributed by atoms with Gasteiger partial charge in [-0.05, 0) is 45.7 Å². The normalized spacial score (nSPS) is 24.0. The van der Waals surface area contributed by atoms with Gasteiger partial charge in [0, 0.05) is 43.4 Å². The SMILES string of the molecule is CN(C)CC1CN(c2nc3c(c(C(F)(F)F)n2)CCCC3)CC1CO. The van der Waals surface area contributed by atoms with E-state index in [-0.39, 0.29) is 30.0 Å². The van der Waals surface area contributed by atoms with Crippen LogP contribution in [0.1, 0.15) is 29.8 Å². The fraction of sp³-hybridized carbons (Fsp3) is 0.765. The number of aromatic nitrogens is 2. The summed E-state index contributed by atoms with van der Waals surface area (Å²) in [7, 11) is 3.91. The molecule has 2 unspecified atom stereocenters. The van der Waals surface area contributed by atoms with Crippen molar-refractivity contribution in [1.82, 2.24) is 14.9 Å². The fourth-order valence-corrected chi connectivity index (χ4v) is 3.94. The average molecular weight is 358 g/mol. The number of alkyl halides is 3. The number of rotatable bonds is 4. The van der Waals surface area contributed by atoms with Gasteiger partial charge >= 0.3 is 6.18 Å². The van der Waals surface area contributed by atoms with E-state index in [0.717, 1.165) is 19.4 Å². The van der Waals surface area contributed by atoms with E-state index in [2.05, 4.69) is 9.97 Å². The van der Waals surface area contributed by atoms with Crippen molar-refractivity contribution in [2.75, 3.05) is 45.2 Å². The molecule has 0 spiro atoms. The molecule has 1 aromatic heterocycles. The first-order chi connectivity index (χ1) is 11.8. The molecule has 0 amide bonds. The van der Waals surface area contributed by atoms with Gasteiger partial charge in [0.2, 0.25) is 5.95 Å². The molecule has 1 fully saturated rings. The molecule has 8 heteroatoms. The lowest BCUT2D eigenvalue weighted by Crippen LogP contribution is -2.29. The standard InChI is InChI=1S/C17H25F3N4O/c1-23(2)7-11-8-24(9-12(11)10-25)16-21-14-6-4-3-5-13(14)15(22-16)17(18,19)20/h11-12,25H,3-10H2,1-2H3. The van der Waals surface area contributed by atoms with Crippen LogP contribution in [0.3, 0.4) is 0 Å². The average Bonchev–Trinajstić information content (AvgIpc) is 2.95. The molecule has 2 atom stereocenters. The largest absolute Gasteiger partial charge is 0.433 e. The fourth-order valence-electron chi connectivity index (χ4n) is 3.94. The third kappa shape index (κ3) is 3.89. The van der Waals surface area contributed by atoms with Crippen LogP contribution in [0.4, 0.5) is 19.1 Å². The number of anilines is 1. The molecule has 2 heterocycles. The van der Waals surface area contributed by atoms with Gasteiger partial charge in [-0.25, -0.2) is 9.97 Å². The first kappa shape index (κ1) is 18.4. The van der Waals surface area contributed by atoms with E-state index in [0.29, 0.717) is 31.6 Å². The molecule has 1 saturated heterocycles. The summed E-state index contributed by atoms with van der Waals surface area (Å²) < 4.78 is 40.4. The van der Waals surface area contributed by atoms with Crippen LogP contribution in [0.2, 0.25) is 0 Å². The zero-order valence-corrected chi connectivity index (χ0v) is 14.7. The van der Waals surface area contributed by atoms with E-state index in [4.69, 9.17) is 0 Å². The molecule has 140 valence electrons. The van der Waals surface area contributed by atoms with Gasteiger partial charge in [0.05, 0.1) is 0 Å². The van der Waals surface area contributed by atoms with Gasteiger partial charge in [0.1, 0.15) is 0 Å². The number of halogens is 3. The third-order valence-electron chi connectivity index (χ3n) is 5.13. The van der Waals surface area contributed by atoms with Crippen molar-refractivity contribution in [3.63, 3.8) is 0 Å². The lowest BCUT2D eigenvalue weighted by atomic mass is 9.94. The predicted molar refractivity (Wildman–Crippen MR) is 88.5 cm³/mol. The minimum absolute atomic E-state index is 0.0199. The van der Waals surface area contributed by atoms with Crippen molar-refractivity contribution < 1.29 is 18.3 Å². The van der Waals surface area contributed by atoms with Crippen molar-refractivity contribution in [2.45, 2.75) is 31.9 Å². The Bertz CT molecular complexity index is 621. The maximum absolute atomic E-state index is 13.5. The van der Waals surface area contributed by atoms with E-state index in [1.54, 1.807) is 4.90 Å². The van der Waals surface area contributed by atoms with Gasteiger partial charge in [-0.3, -0.25) is 0 Å². The number of hydrogen-bond acceptors (Lipinski definition) is 5. The smallest absolute Gasteiger partial charge is 0.396 e. The second kappa shape index (κ2) is 7.07. The van der Waals surface area contributed by atoms with Crippen molar-refractivity contribution >= 4 is 5.95 Å². The van der Waals surface area contributed by atoms with Crippen LogP contribution >= 0.6 is 0 Å². The number of aliphatic hydroxyl groups is 1. The zero-order chi connectivity index (χ0) is 18.2. The quantitative estimate of drug-likeness (QED) is 0.892. The predicted octanol–water partition coefficient (Wildman–Crippen LogP) is 1.98. The van der Waals surface area contributed by atoms with Crippen LogP contribution in [-0.4, -0.2) is 60.3 Å². The van der Waals surface area contributed by atoms with Crippen molar-refractivity contribution in [1.29, 1.82) is 0 Å². The summed E-state index contributed by atoms with van der Waals surface area (Å²) >= 11 is 0. The van der Waals surface area contributed by atoms with Crippen molar-refractivity contribution in [3.05, 3.63) is 17.0 Å². The van der Waals surface area contributed by atoms with E-state index in [1.165, 1.54) is 0 Å². The Morgan fingerprint density at radius 3 is 2.44 bits per heavy atom. The molecule has 25 heavy (non-hydrogen) atoms. The Morgan fingerprint density at radius 2 is 1.80 bits per heavy atom. The molecule has 0 saturated carbocycles. The first-order valence-electron chi connectivity index (χ1n) is 8.77. The zero-order valence-electron chi connectivity index (χ0n) is 14.7. The molecule has 5 nitrogen and oxygen atoms in total. The highest BCUT2D eigenvalue weighted by Crippen LogP contribution is 2.36. The first-order valence-corrected chi connectivity index (χ1v) is 8.77. The second-order valence-electron chi connectivity index (χ2n) is 7.37. The molecule has 1 aromatic rings. The number of aliphatic hydroxyl groups excluding tert-OH is 1. The monoisotopic (exact) mass is 358 g/mol. The van der Waals surface area contributed by atoms with Crippen molar-refractivity contribution in [3.8, 4) is 0 Å². The van der Waals surface area contributed by atoms with Gasteiger partial charge in [0.25, 0.3) is 0 Å². The van der Waals surface area contributed by atoms with Crippen LogP contribution < -0.4 is 4.90 Å². The number of fused-ring (bicyclic) bond motifs is 1. The molecule has 1 aliphatic carbocycles. The Balaban J connectivity index is 1.92. The molecule has 0 radical (unpaired) electrons. The minimum atomic E-state index is -4.46. The van der Waals surface area contributed by atoms with Crippen LogP contribution in [0.25, 0.3) is 0 Å². The Hall–Kier alpha value is -1.41. The maximum Gasteiger partial charge on any atom is 0.433 e. The van der Waals surface area contributed by atoms with E-state index in [1.807, 2.05) is 19.0 Å². The molecular formula is C17H25F3N4O. The van der Waals surface area contributed by atoms with E-state index >= 15 is 0 Å². The van der Waals surface area contributed by atoms with Crippen LogP contribution in [-0.2, 0) is 19.0 Å². The van der Waals surface area contributed by atoms with Gasteiger partial charge in [0.15, 0.2) is 5.69 Å². The van der Waals surface area contributed by atoms with E-state index in [9.17, 15) is 18.3 Å². The minimum Gasteiger partial charge on any atom is -0.396 e. The molecule has 1 N–H and O–H groups in total. The van der Waals surface area contributed by atoms with Gasteiger partial charge in [-0.2, -0.15) is 13.2 Å². The number of nitrogens with zero attached hydrogens (tertiary/aromatic N) is 4. The highest BCUT2D eigenvalue weighted by Gasteiger charge is 2.40. The molecule has 0 bridgehead atoms. The number of hydrogen-bond donors (Lipinski definition) is 1. The molecule has 3 rings (SSSR count). The second-order valence-corrected chi connectivity index (χ2v) is 7.37. The van der Waals surface area contributed by atoms with Gasteiger partial charge < -0.3 is 14.9 Å². The topological polar surface area (TPSA) is 52.5 Å². The Kier molecular flexibility index (Phi) is 5.20. The molecular weight excluding hydrogens is 333 g/mol. The van der Waals surface area contributed by atoms with Gasteiger partial charge in [-0.15, -0.1) is 0 Å². The van der Waals surface area contributed by atoms with Crippen LogP contribution in [0.15, 0.2) is 0 Å². The number of aryl methyl sites for hydroxylation is 1. The Morgan fingerprint density at radius 1 is 1.12 bits per heavy atom. The van der Waals surface area contributed by atoms with Crippen molar-refractivity contribution in [2.24, 2.45) is 11.8 Å². The summed E-state index contributed by atoms with van der Waals surface area (Å²) in [6.45, 7) is 1.86. The highest BCUT2D eigenvalue weighted by atomic mass is 19.4. The summed E-state index contributed by atoms with van der Waals surface area (Å²) in [5.74, 6) is 0.373. The summed E-state index contributed by atoms with van der Waals surface area (Å²) in [4.78, 5) is 12.2. The lowest BCUT2D eigenvalue weighted by Gasteiger charge is -2.24. The highest BCUT2D eigenvalue weighted by molar-refractivity contribution is 5.41. The third-order valence-corrected chi connectivity index (χ3v) is 5.13. The molecule has 0 aromatic carbocycles. The molecule has 2 aliphatic rings. The van der Waals surface area contributed by atoms with Gasteiger partial charge in [-0.1, -0.05) is 0 Å². The summed E-state index contributed by atoms with van der Waals surface area (Å²) in [5, 5.41) is 9.62. The van der Waals surface area contributed by atoms with E-state index < -0.39 is 11.9 Å².